The summed E-state index contributed by atoms with van der Waals surface area (Å²) in [5.41, 5.74) is 3.07. The van der Waals surface area contributed by atoms with E-state index in [9.17, 15) is 14.4 Å². The van der Waals surface area contributed by atoms with Crippen LogP contribution in [-0.4, -0.2) is 24.4 Å². The molecular formula is C25H23N3O4. The molecule has 162 valence electrons. The normalized spacial score (nSPS) is 10.4. The van der Waals surface area contributed by atoms with Crippen LogP contribution in [-0.2, 0) is 14.3 Å². The Morgan fingerprint density at radius 2 is 1.38 bits per heavy atom. The van der Waals surface area contributed by atoms with Gasteiger partial charge in [0.1, 0.15) is 0 Å². The van der Waals surface area contributed by atoms with Crippen molar-refractivity contribution in [1.82, 2.24) is 0 Å². The second-order valence-corrected chi connectivity index (χ2v) is 6.64. The number of benzene rings is 3. The molecule has 0 saturated carbocycles. The van der Waals surface area contributed by atoms with Gasteiger partial charge < -0.3 is 20.7 Å². The van der Waals surface area contributed by atoms with Gasteiger partial charge in [-0.1, -0.05) is 30.3 Å². The summed E-state index contributed by atoms with van der Waals surface area (Å²) < 4.78 is 4.74. The summed E-state index contributed by atoms with van der Waals surface area (Å²) in [5.74, 6) is -1.53. The van der Waals surface area contributed by atoms with E-state index in [0.717, 1.165) is 23.5 Å². The molecule has 0 spiro atoms. The quantitative estimate of drug-likeness (QED) is 0.355. The highest BCUT2D eigenvalue weighted by atomic mass is 16.5. The van der Waals surface area contributed by atoms with Crippen LogP contribution in [0.2, 0.25) is 0 Å². The van der Waals surface area contributed by atoms with Crippen molar-refractivity contribution < 1.29 is 19.1 Å². The monoisotopic (exact) mass is 429 g/mol. The number of esters is 1. The Morgan fingerprint density at radius 3 is 2.09 bits per heavy atom. The lowest BCUT2D eigenvalue weighted by Gasteiger charge is -2.11. The number of para-hydroxylation sites is 2. The zero-order valence-corrected chi connectivity index (χ0v) is 17.5. The number of ether oxygens (including phenoxy) is 1. The van der Waals surface area contributed by atoms with E-state index >= 15 is 0 Å². The lowest BCUT2D eigenvalue weighted by molar-refractivity contribution is -0.137. The number of hydrogen-bond donors (Lipinski definition) is 3. The molecule has 32 heavy (non-hydrogen) atoms. The van der Waals surface area contributed by atoms with E-state index in [1.807, 2.05) is 42.5 Å². The predicted molar refractivity (Wildman–Crippen MR) is 125 cm³/mol. The highest BCUT2D eigenvalue weighted by Crippen LogP contribution is 2.21. The smallest absolute Gasteiger partial charge is 0.330 e. The second-order valence-electron chi connectivity index (χ2n) is 6.64. The Kier molecular flexibility index (Phi) is 7.75. The van der Waals surface area contributed by atoms with Gasteiger partial charge in [0.25, 0.3) is 5.91 Å². The second kappa shape index (κ2) is 11.1. The van der Waals surface area contributed by atoms with Crippen molar-refractivity contribution in [2.24, 2.45) is 0 Å². The van der Waals surface area contributed by atoms with Crippen molar-refractivity contribution in [3.8, 4) is 0 Å². The summed E-state index contributed by atoms with van der Waals surface area (Å²) in [7, 11) is 0. The third-order valence-corrected chi connectivity index (χ3v) is 4.29. The first kappa shape index (κ1) is 22.3. The van der Waals surface area contributed by atoms with Gasteiger partial charge in [-0.3, -0.25) is 9.59 Å². The van der Waals surface area contributed by atoms with Gasteiger partial charge in [0, 0.05) is 29.2 Å². The van der Waals surface area contributed by atoms with Crippen LogP contribution in [0.3, 0.4) is 0 Å². The molecule has 3 N–H and O–H groups in total. The van der Waals surface area contributed by atoms with E-state index < -0.39 is 11.9 Å². The van der Waals surface area contributed by atoms with Crippen molar-refractivity contribution in [1.29, 1.82) is 0 Å². The molecule has 7 nitrogen and oxygen atoms in total. The minimum Gasteiger partial charge on any atom is -0.463 e. The maximum Gasteiger partial charge on any atom is 0.330 e. The maximum atomic E-state index is 12.8. The summed E-state index contributed by atoms with van der Waals surface area (Å²) in [6, 6.07) is 23.7. The Bertz CT molecular complexity index is 1110. The zero-order valence-electron chi connectivity index (χ0n) is 17.5. The lowest BCUT2D eigenvalue weighted by Crippen LogP contribution is -2.17. The number of rotatable bonds is 8. The van der Waals surface area contributed by atoms with Gasteiger partial charge in [0.05, 0.1) is 17.9 Å². The van der Waals surface area contributed by atoms with Crippen LogP contribution in [0.25, 0.3) is 0 Å². The van der Waals surface area contributed by atoms with E-state index in [1.165, 1.54) is 0 Å². The minimum atomic E-state index is -0.612. The average molecular weight is 429 g/mol. The van der Waals surface area contributed by atoms with Crippen molar-refractivity contribution in [3.05, 3.63) is 96.6 Å². The summed E-state index contributed by atoms with van der Waals surface area (Å²) in [6.45, 7) is 1.89. The molecule has 2 amide bonds. The van der Waals surface area contributed by atoms with Crippen LogP contribution >= 0.6 is 0 Å². The first-order valence-electron chi connectivity index (χ1n) is 10.0. The van der Waals surface area contributed by atoms with Gasteiger partial charge >= 0.3 is 5.97 Å². The van der Waals surface area contributed by atoms with Crippen LogP contribution in [0.4, 0.5) is 22.7 Å². The van der Waals surface area contributed by atoms with E-state index in [-0.39, 0.29) is 18.1 Å². The van der Waals surface area contributed by atoms with Crippen LogP contribution in [0.1, 0.15) is 17.3 Å². The summed E-state index contributed by atoms with van der Waals surface area (Å²) in [5, 5.41) is 8.70. The molecule has 0 bridgehead atoms. The Balaban J connectivity index is 1.64. The zero-order chi connectivity index (χ0) is 22.8. The standard InChI is InChI=1S/C25H23N3O4/c1-2-32-24(30)17-16-23(29)28-22-11-7-6-10-21(22)25(31)27-20-14-12-19(13-15-20)26-18-8-4-3-5-9-18/h3-17,26H,2H2,1H3,(H,27,31)(H,28,29)/b17-16+. The fourth-order valence-corrected chi connectivity index (χ4v) is 2.82. The Morgan fingerprint density at radius 1 is 0.750 bits per heavy atom. The third-order valence-electron chi connectivity index (χ3n) is 4.29. The molecule has 0 aliphatic carbocycles. The molecule has 0 aliphatic rings. The number of hydrogen-bond acceptors (Lipinski definition) is 5. The van der Waals surface area contributed by atoms with Crippen molar-refractivity contribution in [2.75, 3.05) is 22.6 Å². The number of carbonyl (C=O) groups excluding carboxylic acids is 3. The highest BCUT2D eigenvalue weighted by Gasteiger charge is 2.13. The van der Waals surface area contributed by atoms with Crippen molar-refractivity contribution in [3.63, 3.8) is 0 Å². The van der Waals surface area contributed by atoms with Crippen molar-refractivity contribution in [2.45, 2.75) is 6.92 Å². The predicted octanol–water partition coefficient (Wildman–Crippen LogP) is 4.74. The maximum absolute atomic E-state index is 12.8. The first-order chi connectivity index (χ1) is 15.5. The molecule has 0 heterocycles. The summed E-state index contributed by atoms with van der Waals surface area (Å²) in [4.78, 5) is 36.2. The van der Waals surface area contributed by atoms with Crippen LogP contribution in [0, 0.1) is 0 Å². The van der Waals surface area contributed by atoms with Crippen LogP contribution in [0.15, 0.2) is 91.0 Å². The van der Waals surface area contributed by atoms with Gasteiger partial charge in [-0.15, -0.1) is 0 Å². The van der Waals surface area contributed by atoms with Crippen molar-refractivity contribution >= 4 is 40.5 Å². The first-order valence-corrected chi connectivity index (χ1v) is 10.0. The average Bonchev–Trinajstić information content (AvgIpc) is 2.80. The number of nitrogens with one attached hydrogen (secondary N) is 3. The highest BCUT2D eigenvalue weighted by molar-refractivity contribution is 6.11. The Hall–Kier alpha value is -4.39. The molecule has 3 rings (SSSR count). The van der Waals surface area contributed by atoms with Gasteiger partial charge in [-0.05, 0) is 55.5 Å². The largest absolute Gasteiger partial charge is 0.463 e. The van der Waals surface area contributed by atoms with Gasteiger partial charge in [0.15, 0.2) is 0 Å². The van der Waals surface area contributed by atoms with Gasteiger partial charge in [-0.25, -0.2) is 4.79 Å². The summed E-state index contributed by atoms with van der Waals surface area (Å²) >= 11 is 0. The Labute approximate surface area is 186 Å². The molecule has 0 aliphatic heterocycles. The van der Waals surface area contributed by atoms with E-state index in [0.29, 0.717) is 11.4 Å². The fourth-order valence-electron chi connectivity index (χ4n) is 2.82. The molecule has 0 atom stereocenters. The molecule has 3 aromatic rings. The van der Waals surface area contributed by atoms with Crippen LogP contribution in [0.5, 0.6) is 0 Å². The lowest BCUT2D eigenvalue weighted by atomic mass is 10.1. The molecule has 3 aromatic carbocycles. The van der Waals surface area contributed by atoms with E-state index in [4.69, 9.17) is 4.74 Å². The van der Waals surface area contributed by atoms with Gasteiger partial charge in [0.2, 0.25) is 5.91 Å². The molecule has 0 unspecified atom stereocenters. The number of amides is 2. The molecule has 0 fully saturated rings. The SMILES string of the molecule is CCOC(=O)/C=C/C(=O)Nc1ccccc1C(=O)Nc1ccc(Nc2ccccc2)cc1. The summed E-state index contributed by atoms with van der Waals surface area (Å²) in [6.07, 6.45) is 2.09. The van der Waals surface area contributed by atoms with E-state index in [1.54, 1.807) is 43.3 Å². The van der Waals surface area contributed by atoms with Crippen LogP contribution < -0.4 is 16.0 Å². The van der Waals surface area contributed by atoms with E-state index in [2.05, 4.69) is 16.0 Å². The molecular weight excluding hydrogens is 406 g/mol. The molecule has 7 heteroatoms. The molecule has 0 radical (unpaired) electrons. The fraction of sp³-hybridized carbons (Fsp3) is 0.0800. The third kappa shape index (κ3) is 6.56. The number of anilines is 4. The van der Waals surface area contributed by atoms with Gasteiger partial charge in [-0.2, -0.15) is 0 Å². The molecule has 0 aromatic heterocycles. The number of carbonyl (C=O) groups is 3. The minimum absolute atomic E-state index is 0.219. The molecule has 0 saturated heterocycles. The topological polar surface area (TPSA) is 96.5 Å².